The molecule has 3 heteroatoms. The molecule has 1 saturated heterocycles. The summed E-state index contributed by atoms with van der Waals surface area (Å²) in [7, 11) is 0. The number of amidine groups is 1. The van der Waals surface area contributed by atoms with Crippen LogP contribution in [0.25, 0.3) is 0 Å². The molecule has 1 heterocycles. The van der Waals surface area contributed by atoms with Crippen LogP contribution in [0.15, 0.2) is 47.5 Å². The van der Waals surface area contributed by atoms with E-state index in [2.05, 4.69) is 33.6 Å². The van der Waals surface area contributed by atoms with Gasteiger partial charge >= 0.3 is 0 Å². The van der Waals surface area contributed by atoms with Crippen LogP contribution in [-0.2, 0) is 0 Å². The van der Waals surface area contributed by atoms with E-state index in [4.69, 9.17) is 0 Å². The van der Waals surface area contributed by atoms with Crippen LogP contribution < -0.4 is 10.4 Å². The summed E-state index contributed by atoms with van der Waals surface area (Å²) in [5, 5.41) is 2.13. The first kappa shape index (κ1) is 10.7. The number of hydrogen-bond acceptors (Lipinski definition) is 2. The molecule has 0 atom stereocenters. The first-order valence-electron chi connectivity index (χ1n) is 5.64. The number of rotatable bonds is 3. The third-order valence-corrected chi connectivity index (χ3v) is 2.53. The third-order valence-electron chi connectivity index (χ3n) is 2.53. The van der Waals surface area contributed by atoms with Gasteiger partial charge in [-0.25, -0.2) is 0 Å². The van der Waals surface area contributed by atoms with E-state index in [0.717, 1.165) is 25.3 Å². The van der Waals surface area contributed by atoms with E-state index in [-0.39, 0.29) is 0 Å². The van der Waals surface area contributed by atoms with E-state index < -0.39 is 0 Å². The predicted molar refractivity (Wildman–Crippen MR) is 68.7 cm³/mol. The normalized spacial score (nSPS) is 18.3. The average Bonchev–Trinajstić information content (AvgIpc) is 2.79. The number of nitrogens with zero attached hydrogens (tertiary/aromatic N) is 2. The highest BCUT2D eigenvalue weighted by molar-refractivity contribution is 5.86. The Morgan fingerprint density at radius 3 is 2.94 bits per heavy atom. The Balaban J connectivity index is 1.96. The summed E-state index contributed by atoms with van der Waals surface area (Å²) in [5.41, 5.74) is 4.51. The number of allylic oxidation sites excluding steroid dienone is 1. The monoisotopic (exact) mass is 215 g/mol. The summed E-state index contributed by atoms with van der Waals surface area (Å²) >= 11 is 0. The second-order valence-corrected chi connectivity index (χ2v) is 3.71. The minimum Gasteiger partial charge on any atom is -0.286 e. The molecule has 0 unspecified atom stereocenters. The Kier molecular flexibility index (Phi) is 3.59. The maximum atomic E-state index is 4.47. The first-order valence-corrected chi connectivity index (χ1v) is 5.64. The summed E-state index contributed by atoms with van der Waals surface area (Å²) in [6.45, 7) is 3.76. The van der Waals surface area contributed by atoms with Gasteiger partial charge in [0.25, 0.3) is 0 Å². The van der Waals surface area contributed by atoms with Crippen molar-refractivity contribution >= 4 is 11.5 Å². The highest BCUT2D eigenvalue weighted by Crippen LogP contribution is 2.14. The number of para-hydroxylation sites is 1. The van der Waals surface area contributed by atoms with E-state index in [0.29, 0.717) is 0 Å². The lowest BCUT2D eigenvalue weighted by molar-refractivity contribution is 0.857. The number of hydrazine groups is 1. The first-order chi connectivity index (χ1) is 7.90. The quantitative estimate of drug-likeness (QED) is 0.784. The molecule has 3 nitrogen and oxygen atoms in total. The van der Waals surface area contributed by atoms with Gasteiger partial charge in [-0.1, -0.05) is 30.4 Å². The maximum Gasteiger partial charge on any atom is 0.117 e. The van der Waals surface area contributed by atoms with Gasteiger partial charge in [-0.15, -0.1) is 0 Å². The molecule has 1 fully saturated rings. The fourth-order valence-corrected chi connectivity index (χ4v) is 1.67. The van der Waals surface area contributed by atoms with Crippen molar-refractivity contribution in [2.45, 2.75) is 13.3 Å². The molecule has 0 amide bonds. The van der Waals surface area contributed by atoms with Crippen molar-refractivity contribution in [3.63, 3.8) is 0 Å². The zero-order valence-corrected chi connectivity index (χ0v) is 9.56. The molecular weight excluding hydrogens is 198 g/mol. The Bertz CT molecular complexity index is 381. The Hall–Kier alpha value is -1.77. The van der Waals surface area contributed by atoms with E-state index >= 15 is 0 Å². The fourth-order valence-electron chi connectivity index (χ4n) is 1.67. The summed E-state index contributed by atoms with van der Waals surface area (Å²) in [4.78, 5) is 4.47. The van der Waals surface area contributed by atoms with Gasteiger partial charge in [-0.3, -0.25) is 15.4 Å². The van der Waals surface area contributed by atoms with Crippen molar-refractivity contribution in [1.29, 1.82) is 0 Å². The number of aliphatic imine (C=N–C) groups is 1. The van der Waals surface area contributed by atoms with Gasteiger partial charge in [0.2, 0.25) is 0 Å². The molecule has 1 N–H and O–H groups in total. The topological polar surface area (TPSA) is 27.6 Å². The van der Waals surface area contributed by atoms with Crippen LogP contribution in [0.1, 0.15) is 13.3 Å². The lowest BCUT2D eigenvalue weighted by Crippen LogP contribution is -2.33. The molecular formula is C13H17N3. The van der Waals surface area contributed by atoms with Crippen molar-refractivity contribution in [2.24, 2.45) is 4.99 Å². The number of benzene rings is 1. The molecule has 1 aromatic carbocycles. The average molecular weight is 215 g/mol. The van der Waals surface area contributed by atoms with Crippen LogP contribution in [0.4, 0.5) is 5.69 Å². The van der Waals surface area contributed by atoms with Crippen LogP contribution in [0, 0.1) is 0 Å². The maximum absolute atomic E-state index is 4.47. The van der Waals surface area contributed by atoms with Gasteiger partial charge < -0.3 is 0 Å². The molecule has 0 spiro atoms. The number of nitrogens with one attached hydrogen (secondary N) is 1. The summed E-state index contributed by atoms with van der Waals surface area (Å²) in [6, 6.07) is 10.3. The zero-order chi connectivity index (χ0) is 11.2. The van der Waals surface area contributed by atoms with Crippen LogP contribution in [0.5, 0.6) is 0 Å². The Labute approximate surface area is 96.5 Å². The molecule has 0 bridgehead atoms. The predicted octanol–water partition coefficient (Wildman–Crippen LogP) is 2.38. The standard InChI is InChI=1S/C13H17N3/c1-2-3-10-14-13-9-11-16(15-13)12-7-5-4-6-8-12/h2-8H,9-11H2,1H3,(H,14,15). The Morgan fingerprint density at radius 1 is 1.38 bits per heavy atom. The molecule has 0 radical (unpaired) electrons. The second kappa shape index (κ2) is 5.35. The van der Waals surface area contributed by atoms with Crippen molar-refractivity contribution in [3.05, 3.63) is 42.5 Å². The van der Waals surface area contributed by atoms with Crippen molar-refractivity contribution in [3.8, 4) is 0 Å². The van der Waals surface area contributed by atoms with E-state index in [9.17, 15) is 0 Å². The van der Waals surface area contributed by atoms with Crippen LogP contribution >= 0.6 is 0 Å². The van der Waals surface area contributed by atoms with Crippen molar-refractivity contribution in [2.75, 3.05) is 18.1 Å². The molecule has 1 aromatic rings. The van der Waals surface area contributed by atoms with E-state index in [1.165, 1.54) is 5.69 Å². The van der Waals surface area contributed by atoms with Gasteiger partial charge in [0.15, 0.2) is 0 Å². The van der Waals surface area contributed by atoms with Gasteiger partial charge in [-0.05, 0) is 19.1 Å². The minimum atomic E-state index is 0.765. The third kappa shape index (κ3) is 2.63. The second-order valence-electron chi connectivity index (χ2n) is 3.71. The SMILES string of the molecule is CC=CCN=C1CCN(c2ccccc2)N1. The van der Waals surface area contributed by atoms with E-state index in [1.54, 1.807) is 0 Å². The molecule has 84 valence electrons. The minimum absolute atomic E-state index is 0.765. The fraction of sp³-hybridized carbons (Fsp3) is 0.308. The molecule has 16 heavy (non-hydrogen) atoms. The lowest BCUT2D eigenvalue weighted by Gasteiger charge is -2.17. The van der Waals surface area contributed by atoms with Gasteiger partial charge in [-0.2, -0.15) is 0 Å². The van der Waals surface area contributed by atoms with Crippen LogP contribution in [-0.4, -0.2) is 18.9 Å². The molecule has 1 aliphatic rings. The number of hydrogen-bond donors (Lipinski definition) is 1. The van der Waals surface area contributed by atoms with Crippen molar-refractivity contribution < 1.29 is 0 Å². The molecule has 0 aromatic heterocycles. The lowest BCUT2D eigenvalue weighted by atomic mass is 10.3. The highest BCUT2D eigenvalue weighted by atomic mass is 15.5. The molecule has 1 aliphatic heterocycles. The molecule has 0 saturated carbocycles. The van der Waals surface area contributed by atoms with Crippen LogP contribution in [0.3, 0.4) is 0 Å². The zero-order valence-electron chi connectivity index (χ0n) is 9.56. The van der Waals surface area contributed by atoms with Crippen LogP contribution in [0.2, 0.25) is 0 Å². The number of anilines is 1. The Morgan fingerprint density at radius 2 is 2.19 bits per heavy atom. The van der Waals surface area contributed by atoms with Gasteiger partial charge in [0.05, 0.1) is 12.2 Å². The largest absolute Gasteiger partial charge is 0.286 e. The van der Waals surface area contributed by atoms with Crippen molar-refractivity contribution in [1.82, 2.24) is 5.43 Å². The summed E-state index contributed by atoms with van der Waals surface area (Å²) < 4.78 is 0. The van der Waals surface area contributed by atoms with Gasteiger partial charge in [0.1, 0.15) is 5.84 Å². The summed E-state index contributed by atoms with van der Waals surface area (Å²) in [6.07, 6.45) is 5.07. The summed E-state index contributed by atoms with van der Waals surface area (Å²) in [5.74, 6) is 1.07. The van der Waals surface area contributed by atoms with Gasteiger partial charge in [0, 0.05) is 13.0 Å². The van der Waals surface area contributed by atoms with E-state index in [1.807, 2.05) is 31.2 Å². The smallest absolute Gasteiger partial charge is 0.117 e. The highest BCUT2D eigenvalue weighted by Gasteiger charge is 2.16. The molecule has 2 rings (SSSR count). The molecule has 0 aliphatic carbocycles.